The molecule has 1 aliphatic carbocycles. The number of benzene rings is 1. The predicted molar refractivity (Wildman–Crippen MR) is 75.5 cm³/mol. The van der Waals surface area contributed by atoms with Crippen molar-refractivity contribution in [1.29, 1.82) is 0 Å². The van der Waals surface area contributed by atoms with Gasteiger partial charge in [0.25, 0.3) is 0 Å². The number of nitrogens with two attached hydrogens (primary N) is 1. The van der Waals surface area contributed by atoms with Crippen molar-refractivity contribution in [3.8, 4) is 11.5 Å². The van der Waals surface area contributed by atoms with Gasteiger partial charge in [-0.2, -0.15) is 0 Å². The number of ether oxygens (including phenoxy) is 1. The molecule has 1 aromatic rings. The molecular weight excluding hydrogens is 307 g/mol. The van der Waals surface area contributed by atoms with Crippen molar-refractivity contribution in [2.45, 2.75) is 44.5 Å². The van der Waals surface area contributed by atoms with Gasteiger partial charge in [0.1, 0.15) is 11.5 Å². The van der Waals surface area contributed by atoms with Crippen molar-refractivity contribution >= 4 is 12.4 Å². The van der Waals surface area contributed by atoms with Gasteiger partial charge in [0.05, 0.1) is 0 Å². The Morgan fingerprint density at radius 1 is 1.19 bits per heavy atom. The van der Waals surface area contributed by atoms with Crippen molar-refractivity contribution in [1.82, 2.24) is 0 Å². The van der Waals surface area contributed by atoms with Gasteiger partial charge in [-0.15, -0.1) is 25.6 Å². The summed E-state index contributed by atoms with van der Waals surface area (Å²) in [6, 6.07) is 2.99. The van der Waals surface area contributed by atoms with Crippen LogP contribution in [-0.4, -0.2) is 11.5 Å². The van der Waals surface area contributed by atoms with Gasteiger partial charge in [0.15, 0.2) is 0 Å². The largest absolute Gasteiger partial charge is 0.573 e. The highest BCUT2D eigenvalue weighted by molar-refractivity contribution is 5.85. The van der Waals surface area contributed by atoms with E-state index in [1.807, 2.05) is 0 Å². The second-order valence-electron chi connectivity index (χ2n) is 5.19. The van der Waals surface area contributed by atoms with Crippen molar-refractivity contribution in [3.05, 3.63) is 23.8 Å². The van der Waals surface area contributed by atoms with Crippen LogP contribution in [0.1, 0.15) is 43.7 Å². The maximum Gasteiger partial charge on any atom is 0.573 e. The summed E-state index contributed by atoms with van der Waals surface area (Å²) in [6.45, 7) is 0. The molecule has 2 rings (SSSR count). The minimum absolute atomic E-state index is 0. The van der Waals surface area contributed by atoms with Crippen molar-refractivity contribution in [3.63, 3.8) is 0 Å². The molecule has 3 N–H and O–H groups in total. The molecule has 21 heavy (non-hydrogen) atoms. The fraction of sp³-hybridized carbons (Fsp3) is 0.571. The van der Waals surface area contributed by atoms with Gasteiger partial charge in [-0.3, -0.25) is 0 Å². The molecule has 1 aromatic carbocycles. The number of hydrogen-bond donors (Lipinski definition) is 2. The Labute approximate surface area is 127 Å². The molecule has 0 unspecified atom stereocenters. The lowest BCUT2D eigenvalue weighted by molar-refractivity contribution is -0.274. The second kappa shape index (κ2) is 7.22. The molecule has 0 spiro atoms. The molecule has 120 valence electrons. The van der Waals surface area contributed by atoms with E-state index in [0.717, 1.165) is 38.2 Å². The van der Waals surface area contributed by atoms with Crippen LogP contribution >= 0.6 is 12.4 Å². The minimum Gasteiger partial charge on any atom is -0.508 e. The normalized spacial score (nSPS) is 17.9. The van der Waals surface area contributed by atoms with Gasteiger partial charge in [-0.1, -0.05) is 19.3 Å². The number of alkyl halides is 3. The first-order chi connectivity index (χ1) is 9.37. The van der Waals surface area contributed by atoms with E-state index in [9.17, 15) is 18.3 Å². The molecule has 0 bridgehead atoms. The van der Waals surface area contributed by atoms with Crippen LogP contribution in [0, 0.1) is 5.92 Å². The third kappa shape index (κ3) is 4.97. The zero-order chi connectivity index (χ0) is 14.8. The van der Waals surface area contributed by atoms with Crippen molar-refractivity contribution in [2.24, 2.45) is 11.7 Å². The Bertz CT molecular complexity index is 462. The van der Waals surface area contributed by atoms with Crippen LogP contribution in [0.3, 0.4) is 0 Å². The lowest BCUT2D eigenvalue weighted by Gasteiger charge is -2.28. The van der Waals surface area contributed by atoms with Crippen molar-refractivity contribution in [2.75, 3.05) is 0 Å². The first-order valence-corrected chi connectivity index (χ1v) is 6.71. The smallest absolute Gasteiger partial charge is 0.508 e. The summed E-state index contributed by atoms with van der Waals surface area (Å²) in [5.74, 6) is -0.245. The monoisotopic (exact) mass is 325 g/mol. The van der Waals surface area contributed by atoms with Crippen LogP contribution in [-0.2, 0) is 0 Å². The molecule has 3 nitrogen and oxygen atoms in total. The van der Waals surface area contributed by atoms with Crippen LogP contribution in [0.4, 0.5) is 13.2 Å². The molecule has 1 fully saturated rings. The summed E-state index contributed by atoms with van der Waals surface area (Å²) < 4.78 is 40.5. The Balaban J connectivity index is 0.00000220. The van der Waals surface area contributed by atoms with Crippen LogP contribution in [0.25, 0.3) is 0 Å². The number of phenols is 1. The Hall–Kier alpha value is -1.14. The second-order valence-corrected chi connectivity index (χ2v) is 5.19. The molecule has 0 amide bonds. The molecule has 1 atom stereocenters. The van der Waals surface area contributed by atoms with Crippen LogP contribution in [0.2, 0.25) is 0 Å². The SMILES string of the molecule is Cl.N[C@@H](c1cc(OC(F)(F)F)ccc1O)C1CCCCC1. The van der Waals surface area contributed by atoms with Gasteiger partial charge >= 0.3 is 6.36 Å². The first kappa shape index (κ1) is 17.9. The zero-order valence-corrected chi connectivity index (χ0v) is 12.2. The highest BCUT2D eigenvalue weighted by Crippen LogP contribution is 2.38. The molecule has 0 heterocycles. The van der Waals surface area contributed by atoms with Crippen LogP contribution in [0.15, 0.2) is 18.2 Å². The van der Waals surface area contributed by atoms with Crippen LogP contribution < -0.4 is 10.5 Å². The summed E-state index contributed by atoms with van der Waals surface area (Å²) >= 11 is 0. The average molecular weight is 326 g/mol. The summed E-state index contributed by atoms with van der Waals surface area (Å²) in [7, 11) is 0. The molecule has 0 radical (unpaired) electrons. The molecule has 0 saturated heterocycles. The summed E-state index contributed by atoms with van der Waals surface area (Å²) in [4.78, 5) is 0. The fourth-order valence-corrected chi connectivity index (χ4v) is 2.74. The van der Waals surface area contributed by atoms with E-state index in [2.05, 4.69) is 4.74 Å². The van der Waals surface area contributed by atoms with E-state index in [-0.39, 0.29) is 29.8 Å². The van der Waals surface area contributed by atoms with E-state index in [0.29, 0.717) is 5.56 Å². The fourth-order valence-electron chi connectivity index (χ4n) is 2.74. The standard InChI is InChI=1S/C14H18F3NO2.ClH/c15-14(16,17)20-10-6-7-12(19)11(8-10)13(18)9-4-2-1-3-5-9;/h6-9,13,19H,1-5,18H2;1H/t13-;/m1./s1. The number of rotatable bonds is 3. The number of phenolic OH excluding ortho intramolecular Hbond substituents is 1. The Kier molecular flexibility index (Phi) is 6.16. The number of hydrogen-bond acceptors (Lipinski definition) is 3. The third-order valence-corrected chi connectivity index (χ3v) is 3.75. The summed E-state index contributed by atoms with van der Waals surface area (Å²) in [6.07, 6.45) is 0.418. The molecule has 7 heteroatoms. The maximum absolute atomic E-state index is 12.2. The lowest BCUT2D eigenvalue weighted by Crippen LogP contribution is -2.24. The lowest BCUT2D eigenvalue weighted by atomic mass is 9.81. The highest BCUT2D eigenvalue weighted by Gasteiger charge is 2.32. The maximum atomic E-state index is 12.2. The molecular formula is C14H19ClF3NO2. The minimum atomic E-state index is -4.75. The average Bonchev–Trinajstić information content (AvgIpc) is 2.40. The van der Waals surface area contributed by atoms with E-state index in [1.54, 1.807) is 0 Å². The molecule has 0 aliphatic heterocycles. The summed E-state index contributed by atoms with van der Waals surface area (Å²) in [5, 5.41) is 9.82. The van der Waals surface area contributed by atoms with E-state index >= 15 is 0 Å². The number of halogens is 4. The Morgan fingerprint density at radius 2 is 1.81 bits per heavy atom. The Morgan fingerprint density at radius 3 is 2.38 bits per heavy atom. The highest BCUT2D eigenvalue weighted by atomic mass is 35.5. The van der Waals surface area contributed by atoms with Gasteiger partial charge in [0.2, 0.25) is 0 Å². The number of aromatic hydroxyl groups is 1. The van der Waals surface area contributed by atoms with Gasteiger partial charge < -0.3 is 15.6 Å². The van der Waals surface area contributed by atoms with Crippen LogP contribution in [0.5, 0.6) is 11.5 Å². The summed E-state index contributed by atoms with van der Waals surface area (Å²) in [5.41, 5.74) is 6.42. The topological polar surface area (TPSA) is 55.5 Å². The third-order valence-electron chi connectivity index (χ3n) is 3.75. The molecule has 0 aromatic heterocycles. The quantitative estimate of drug-likeness (QED) is 0.871. The van der Waals surface area contributed by atoms with Gasteiger partial charge in [-0.05, 0) is 37.0 Å². The van der Waals surface area contributed by atoms with Crippen molar-refractivity contribution < 1.29 is 23.0 Å². The van der Waals surface area contributed by atoms with E-state index < -0.39 is 12.4 Å². The van der Waals surface area contributed by atoms with Gasteiger partial charge in [0, 0.05) is 11.6 Å². The molecule has 1 saturated carbocycles. The van der Waals surface area contributed by atoms with Gasteiger partial charge in [-0.25, -0.2) is 0 Å². The molecule has 1 aliphatic rings. The predicted octanol–water partition coefficient (Wildman–Crippen LogP) is 4.29. The first-order valence-electron chi connectivity index (χ1n) is 6.71. The van der Waals surface area contributed by atoms with E-state index in [4.69, 9.17) is 5.73 Å². The van der Waals surface area contributed by atoms with E-state index in [1.165, 1.54) is 12.1 Å². The zero-order valence-electron chi connectivity index (χ0n) is 11.4.